The molecule has 1 aromatic rings. The minimum Gasteiger partial charge on any atom is -0.507 e. The van der Waals surface area contributed by atoms with Crippen molar-refractivity contribution in [3.05, 3.63) is 17.7 Å². The number of benzene rings is 1. The van der Waals surface area contributed by atoms with Gasteiger partial charge in [-0.25, -0.2) is 0 Å². The largest absolute Gasteiger partial charge is 0.507 e. The molecule has 5 heteroatoms. The van der Waals surface area contributed by atoms with Crippen LogP contribution in [0.5, 0.6) is 17.2 Å². The highest BCUT2D eigenvalue weighted by Gasteiger charge is 2.21. The van der Waals surface area contributed by atoms with Crippen molar-refractivity contribution in [3.8, 4) is 17.2 Å². The number of hydrogen-bond donors (Lipinski definition) is 2. The molecule has 0 saturated heterocycles. The van der Waals surface area contributed by atoms with Crippen molar-refractivity contribution in [2.24, 2.45) is 0 Å². The van der Waals surface area contributed by atoms with Gasteiger partial charge in [0.05, 0.1) is 0 Å². The smallest absolute Gasteiger partial charge is 0.231 e. The van der Waals surface area contributed by atoms with Crippen molar-refractivity contribution in [1.82, 2.24) is 5.32 Å². The highest BCUT2D eigenvalue weighted by atomic mass is 32.2. The van der Waals surface area contributed by atoms with Crippen molar-refractivity contribution in [3.63, 3.8) is 0 Å². The number of aromatic hydroxyl groups is 1. The molecule has 0 radical (unpaired) electrons. The second kappa shape index (κ2) is 6.14. The first-order valence-electron chi connectivity index (χ1n) is 7.14. The molecule has 1 aromatic carbocycles. The predicted octanol–water partition coefficient (Wildman–Crippen LogP) is 2.88. The molecule has 1 heterocycles. The highest BCUT2D eigenvalue weighted by molar-refractivity contribution is 7.99. The summed E-state index contributed by atoms with van der Waals surface area (Å²) in [6.45, 7) is 0.918. The van der Waals surface area contributed by atoms with Gasteiger partial charge < -0.3 is 19.9 Å². The van der Waals surface area contributed by atoms with Crippen LogP contribution in [0.3, 0.4) is 0 Å². The SMILES string of the molecule is CSC1CCC(NCc2cc3c(cc2O)OCO3)CC1. The van der Waals surface area contributed by atoms with Gasteiger partial charge in [0.2, 0.25) is 6.79 Å². The van der Waals surface area contributed by atoms with Crippen LogP contribution in [0.4, 0.5) is 0 Å². The Morgan fingerprint density at radius 3 is 2.60 bits per heavy atom. The number of phenols is 1. The minimum absolute atomic E-state index is 0.240. The van der Waals surface area contributed by atoms with E-state index in [9.17, 15) is 5.11 Å². The monoisotopic (exact) mass is 295 g/mol. The molecule has 0 amide bonds. The molecule has 4 nitrogen and oxygen atoms in total. The number of nitrogens with one attached hydrogen (secondary N) is 1. The molecule has 0 spiro atoms. The predicted molar refractivity (Wildman–Crippen MR) is 80.6 cm³/mol. The zero-order valence-electron chi connectivity index (χ0n) is 11.7. The highest BCUT2D eigenvalue weighted by Crippen LogP contribution is 2.37. The second-order valence-corrected chi connectivity index (χ2v) is 6.56. The van der Waals surface area contributed by atoms with Gasteiger partial charge in [-0.1, -0.05) is 0 Å². The fourth-order valence-electron chi connectivity index (χ4n) is 2.87. The molecule has 1 aliphatic carbocycles. The van der Waals surface area contributed by atoms with Crippen molar-refractivity contribution >= 4 is 11.8 Å². The summed E-state index contributed by atoms with van der Waals surface area (Å²) in [5.41, 5.74) is 0.876. The third kappa shape index (κ3) is 2.99. The van der Waals surface area contributed by atoms with Crippen molar-refractivity contribution in [2.75, 3.05) is 13.0 Å². The Morgan fingerprint density at radius 2 is 1.90 bits per heavy atom. The molecule has 110 valence electrons. The van der Waals surface area contributed by atoms with Gasteiger partial charge in [0.1, 0.15) is 5.75 Å². The third-order valence-corrected chi connectivity index (χ3v) is 5.30. The van der Waals surface area contributed by atoms with E-state index in [-0.39, 0.29) is 12.5 Å². The molecule has 0 bridgehead atoms. The summed E-state index contributed by atoms with van der Waals surface area (Å²) in [6, 6.07) is 4.07. The maximum Gasteiger partial charge on any atom is 0.231 e. The molecule has 0 atom stereocenters. The van der Waals surface area contributed by atoms with Crippen LogP contribution >= 0.6 is 11.8 Å². The molecule has 20 heavy (non-hydrogen) atoms. The fourth-order valence-corrected chi connectivity index (χ4v) is 3.62. The molecule has 1 aliphatic heterocycles. The molecule has 1 saturated carbocycles. The number of phenolic OH excluding ortho intramolecular Hbond substituents is 1. The van der Waals surface area contributed by atoms with Crippen molar-refractivity contribution in [1.29, 1.82) is 0 Å². The van der Waals surface area contributed by atoms with Crippen molar-refractivity contribution < 1.29 is 14.6 Å². The van der Waals surface area contributed by atoms with Crippen LogP contribution in [0, 0.1) is 0 Å². The Hall–Kier alpha value is -1.07. The quantitative estimate of drug-likeness (QED) is 0.894. The van der Waals surface area contributed by atoms with Gasteiger partial charge in [-0.2, -0.15) is 11.8 Å². The normalized spacial score (nSPS) is 24.9. The van der Waals surface area contributed by atoms with Crippen LogP contribution < -0.4 is 14.8 Å². The summed E-state index contributed by atoms with van der Waals surface area (Å²) in [5, 5.41) is 14.4. The van der Waals surface area contributed by atoms with Gasteiger partial charge in [-0.3, -0.25) is 0 Å². The summed E-state index contributed by atoms with van der Waals surface area (Å²) in [7, 11) is 0. The van der Waals surface area contributed by atoms with Crippen LogP contribution in [-0.4, -0.2) is 29.4 Å². The lowest BCUT2D eigenvalue weighted by molar-refractivity contribution is 0.174. The van der Waals surface area contributed by atoms with Crippen molar-refractivity contribution in [2.45, 2.75) is 43.5 Å². The third-order valence-electron chi connectivity index (χ3n) is 4.16. The molecule has 2 N–H and O–H groups in total. The Kier molecular flexibility index (Phi) is 4.27. The van der Waals surface area contributed by atoms with Crippen LogP contribution in [0.1, 0.15) is 31.2 Å². The molecule has 3 rings (SSSR count). The number of ether oxygens (including phenoxy) is 2. The van der Waals surface area contributed by atoms with Crippen LogP contribution in [0.2, 0.25) is 0 Å². The lowest BCUT2D eigenvalue weighted by atomic mass is 9.95. The van der Waals surface area contributed by atoms with E-state index in [0.29, 0.717) is 18.3 Å². The number of thioether (sulfide) groups is 1. The summed E-state index contributed by atoms with van der Waals surface area (Å²) in [4.78, 5) is 0. The van der Waals surface area contributed by atoms with E-state index in [1.54, 1.807) is 6.07 Å². The molecule has 0 unspecified atom stereocenters. The van der Waals surface area contributed by atoms with Crippen LogP contribution in [-0.2, 0) is 6.54 Å². The second-order valence-electron chi connectivity index (χ2n) is 5.42. The standard InChI is InChI=1S/C15H21NO3S/c1-20-12-4-2-11(3-5-12)16-8-10-6-14-15(7-13(10)17)19-9-18-14/h6-7,11-12,16-17H,2-5,8-9H2,1H3. The molecule has 1 fully saturated rings. The Morgan fingerprint density at radius 1 is 1.20 bits per heavy atom. The number of rotatable bonds is 4. The Balaban J connectivity index is 1.56. The summed E-state index contributed by atoms with van der Waals surface area (Å²) in [6.07, 6.45) is 7.20. The maximum atomic E-state index is 10.0. The summed E-state index contributed by atoms with van der Waals surface area (Å²) in [5.74, 6) is 1.64. The summed E-state index contributed by atoms with van der Waals surface area (Å²) >= 11 is 1.98. The molecule has 2 aliphatic rings. The fraction of sp³-hybridized carbons (Fsp3) is 0.600. The van der Waals surface area contributed by atoms with E-state index >= 15 is 0 Å². The van der Waals surface area contributed by atoms with Gasteiger partial charge in [-0.15, -0.1) is 0 Å². The van der Waals surface area contributed by atoms with E-state index in [1.807, 2.05) is 17.8 Å². The zero-order chi connectivity index (χ0) is 13.9. The zero-order valence-corrected chi connectivity index (χ0v) is 12.5. The topological polar surface area (TPSA) is 50.7 Å². The summed E-state index contributed by atoms with van der Waals surface area (Å²) < 4.78 is 10.6. The molecular weight excluding hydrogens is 274 g/mol. The van der Waals surface area contributed by atoms with Gasteiger partial charge in [-0.05, 0) is 38.0 Å². The lowest BCUT2D eigenvalue weighted by Gasteiger charge is -2.28. The van der Waals surface area contributed by atoms with E-state index in [1.165, 1.54) is 25.7 Å². The average molecular weight is 295 g/mol. The first-order valence-corrected chi connectivity index (χ1v) is 8.42. The Labute approximate surface area is 123 Å². The first kappa shape index (κ1) is 13.9. The van der Waals surface area contributed by atoms with Crippen LogP contribution in [0.15, 0.2) is 12.1 Å². The number of fused-ring (bicyclic) bond motifs is 1. The average Bonchev–Trinajstić information content (AvgIpc) is 2.92. The van der Waals surface area contributed by atoms with Crippen LogP contribution in [0.25, 0.3) is 0 Å². The molecule has 0 aromatic heterocycles. The Bertz CT molecular complexity index is 472. The van der Waals surface area contributed by atoms with Gasteiger partial charge >= 0.3 is 0 Å². The number of hydrogen-bond acceptors (Lipinski definition) is 5. The molecular formula is C15H21NO3S. The lowest BCUT2D eigenvalue weighted by Crippen LogP contribution is -2.33. The van der Waals surface area contributed by atoms with E-state index in [0.717, 1.165) is 16.6 Å². The van der Waals surface area contributed by atoms with E-state index < -0.39 is 0 Å². The van der Waals surface area contributed by atoms with E-state index in [4.69, 9.17) is 9.47 Å². The first-order chi connectivity index (χ1) is 9.76. The van der Waals surface area contributed by atoms with Gasteiger partial charge in [0.25, 0.3) is 0 Å². The van der Waals surface area contributed by atoms with E-state index in [2.05, 4.69) is 11.6 Å². The van der Waals surface area contributed by atoms with Gasteiger partial charge in [0, 0.05) is 29.5 Å². The van der Waals surface area contributed by atoms with Gasteiger partial charge in [0.15, 0.2) is 11.5 Å². The maximum absolute atomic E-state index is 10.0. The minimum atomic E-state index is 0.240.